The van der Waals surface area contributed by atoms with Crippen molar-refractivity contribution in [3.05, 3.63) is 34.9 Å². The second-order valence-electron chi connectivity index (χ2n) is 6.87. The predicted octanol–water partition coefficient (Wildman–Crippen LogP) is 2.98. The zero-order valence-corrected chi connectivity index (χ0v) is 15.2. The third-order valence-electron chi connectivity index (χ3n) is 4.92. The number of rotatable bonds is 6. The lowest BCUT2D eigenvalue weighted by molar-refractivity contribution is 0.166. The van der Waals surface area contributed by atoms with E-state index in [1.807, 2.05) is 12.1 Å². The van der Waals surface area contributed by atoms with Gasteiger partial charge in [-0.15, -0.1) is 0 Å². The quantitative estimate of drug-likeness (QED) is 0.786. The summed E-state index contributed by atoms with van der Waals surface area (Å²) in [6.07, 6.45) is 3.81. The summed E-state index contributed by atoms with van der Waals surface area (Å²) in [5, 5.41) is 0.671. The molecule has 23 heavy (non-hydrogen) atoms. The van der Waals surface area contributed by atoms with Crippen LogP contribution in [-0.4, -0.2) is 49.6 Å². The van der Waals surface area contributed by atoms with Crippen molar-refractivity contribution in [2.75, 3.05) is 26.7 Å². The molecule has 0 bridgehead atoms. The number of sulfonamides is 1. The van der Waals surface area contributed by atoms with Crippen LogP contribution in [0.5, 0.6) is 0 Å². The molecule has 1 aromatic rings. The van der Waals surface area contributed by atoms with Crippen LogP contribution in [0.1, 0.15) is 31.2 Å². The van der Waals surface area contributed by atoms with Crippen molar-refractivity contribution >= 4 is 21.6 Å². The van der Waals surface area contributed by atoms with Crippen LogP contribution in [-0.2, 0) is 16.6 Å². The molecule has 4 nitrogen and oxygen atoms in total. The standard InChI is InChI=1S/C17H25ClN2O2S/c1-19(23(21,22)17-6-7-17)12-15-8-10-20(11-9-15)13-14-2-4-16(18)5-3-14/h2-5,15,17H,6-13H2,1H3. The molecule has 1 aliphatic carbocycles. The second-order valence-corrected chi connectivity index (χ2v) is 9.63. The van der Waals surface area contributed by atoms with Crippen LogP contribution < -0.4 is 0 Å². The molecule has 3 rings (SSSR count). The summed E-state index contributed by atoms with van der Waals surface area (Å²) in [5.74, 6) is 0.481. The van der Waals surface area contributed by atoms with Crippen molar-refractivity contribution in [3.8, 4) is 0 Å². The van der Waals surface area contributed by atoms with Gasteiger partial charge in [0.15, 0.2) is 0 Å². The van der Waals surface area contributed by atoms with Gasteiger partial charge in [-0.2, -0.15) is 0 Å². The van der Waals surface area contributed by atoms with E-state index in [0.29, 0.717) is 12.5 Å². The van der Waals surface area contributed by atoms with Gasteiger partial charge in [-0.3, -0.25) is 4.90 Å². The van der Waals surface area contributed by atoms with Crippen molar-refractivity contribution in [2.24, 2.45) is 5.92 Å². The fourth-order valence-corrected chi connectivity index (χ4v) is 5.05. The van der Waals surface area contributed by atoms with Crippen molar-refractivity contribution < 1.29 is 8.42 Å². The maximum atomic E-state index is 12.2. The maximum absolute atomic E-state index is 12.2. The summed E-state index contributed by atoms with van der Waals surface area (Å²) < 4.78 is 26.0. The fourth-order valence-electron chi connectivity index (χ4n) is 3.26. The Labute approximate surface area is 144 Å². The molecule has 0 atom stereocenters. The first-order chi connectivity index (χ1) is 10.9. The molecular formula is C17H25ClN2O2S. The topological polar surface area (TPSA) is 40.6 Å². The van der Waals surface area contributed by atoms with Crippen LogP contribution in [0.25, 0.3) is 0 Å². The zero-order valence-electron chi connectivity index (χ0n) is 13.6. The van der Waals surface area contributed by atoms with E-state index in [0.717, 1.165) is 50.3 Å². The highest BCUT2D eigenvalue weighted by Gasteiger charge is 2.39. The molecule has 0 aromatic heterocycles. The van der Waals surface area contributed by atoms with E-state index in [1.165, 1.54) is 5.56 Å². The highest BCUT2D eigenvalue weighted by molar-refractivity contribution is 7.90. The lowest BCUT2D eigenvalue weighted by Gasteiger charge is -2.33. The van der Waals surface area contributed by atoms with E-state index < -0.39 is 10.0 Å². The van der Waals surface area contributed by atoms with Crippen molar-refractivity contribution in [1.82, 2.24) is 9.21 Å². The van der Waals surface area contributed by atoms with Crippen LogP contribution in [0.15, 0.2) is 24.3 Å². The molecule has 0 radical (unpaired) electrons. The molecule has 1 saturated heterocycles. The highest BCUT2D eigenvalue weighted by atomic mass is 35.5. The Bertz CT molecular complexity index is 620. The molecule has 0 spiro atoms. The first-order valence-corrected chi connectivity index (χ1v) is 10.3. The van der Waals surface area contributed by atoms with Gasteiger partial charge in [0, 0.05) is 25.2 Å². The summed E-state index contributed by atoms with van der Waals surface area (Å²) in [4.78, 5) is 2.44. The van der Waals surface area contributed by atoms with Crippen molar-refractivity contribution in [1.29, 1.82) is 0 Å². The van der Waals surface area contributed by atoms with E-state index in [9.17, 15) is 8.42 Å². The molecule has 2 aliphatic rings. The molecule has 0 N–H and O–H groups in total. The van der Waals surface area contributed by atoms with Crippen LogP contribution in [0.2, 0.25) is 5.02 Å². The Hall–Kier alpha value is -0.620. The molecule has 1 aliphatic heterocycles. The summed E-state index contributed by atoms with van der Waals surface area (Å²) in [5.41, 5.74) is 1.28. The number of benzene rings is 1. The molecule has 1 aromatic carbocycles. The van der Waals surface area contributed by atoms with E-state index in [1.54, 1.807) is 11.4 Å². The van der Waals surface area contributed by atoms with Crippen LogP contribution in [0, 0.1) is 5.92 Å². The molecule has 0 amide bonds. The zero-order chi connectivity index (χ0) is 16.4. The van der Waals surface area contributed by atoms with Gasteiger partial charge in [-0.25, -0.2) is 12.7 Å². The van der Waals surface area contributed by atoms with E-state index in [4.69, 9.17) is 11.6 Å². The minimum atomic E-state index is -3.02. The number of halogens is 1. The average Bonchev–Trinajstić information content (AvgIpc) is 3.36. The smallest absolute Gasteiger partial charge is 0.216 e. The summed E-state index contributed by atoms with van der Waals surface area (Å²) in [7, 11) is -1.28. The molecule has 6 heteroatoms. The minimum absolute atomic E-state index is 0.0995. The van der Waals surface area contributed by atoms with E-state index >= 15 is 0 Å². The summed E-state index contributed by atoms with van der Waals surface area (Å²) in [6, 6.07) is 8.01. The number of piperidine rings is 1. The fraction of sp³-hybridized carbons (Fsp3) is 0.647. The van der Waals surface area contributed by atoms with Gasteiger partial charge in [0.2, 0.25) is 10.0 Å². The largest absolute Gasteiger partial charge is 0.299 e. The van der Waals surface area contributed by atoms with E-state index in [-0.39, 0.29) is 5.25 Å². The third-order valence-corrected chi connectivity index (χ3v) is 7.51. The lowest BCUT2D eigenvalue weighted by atomic mass is 9.96. The first-order valence-electron chi connectivity index (χ1n) is 8.37. The number of likely N-dealkylation sites (tertiary alicyclic amines) is 1. The molecule has 2 fully saturated rings. The molecule has 1 heterocycles. The van der Waals surface area contributed by atoms with Gasteiger partial charge in [0.25, 0.3) is 0 Å². The Balaban J connectivity index is 1.45. The summed E-state index contributed by atoms with van der Waals surface area (Å²) >= 11 is 5.92. The highest BCUT2D eigenvalue weighted by Crippen LogP contribution is 2.31. The van der Waals surface area contributed by atoms with E-state index in [2.05, 4.69) is 17.0 Å². The SMILES string of the molecule is CN(CC1CCN(Cc2ccc(Cl)cc2)CC1)S(=O)(=O)C1CC1. The van der Waals surface area contributed by atoms with Crippen LogP contribution in [0.3, 0.4) is 0 Å². The second kappa shape index (κ2) is 7.09. The Kier molecular flexibility index (Phi) is 5.31. The van der Waals surface area contributed by atoms with Crippen LogP contribution >= 0.6 is 11.6 Å². The normalized spacial score (nSPS) is 21.0. The minimum Gasteiger partial charge on any atom is -0.299 e. The lowest BCUT2D eigenvalue weighted by Crippen LogP contribution is -2.40. The van der Waals surface area contributed by atoms with Gasteiger partial charge >= 0.3 is 0 Å². The molecular weight excluding hydrogens is 332 g/mol. The molecule has 0 unspecified atom stereocenters. The number of hydrogen-bond donors (Lipinski definition) is 0. The maximum Gasteiger partial charge on any atom is 0.216 e. The number of hydrogen-bond acceptors (Lipinski definition) is 3. The van der Waals surface area contributed by atoms with Gasteiger partial charge < -0.3 is 0 Å². The summed E-state index contributed by atoms with van der Waals surface area (Å²) in [6.45, 7) is 3.68. The Morgan fingerprint density at radius 1 is 1.13 bits per heavy atom. The number of nitrogens with zero attached hydrogens (tertiary/aromatic N) is 2. The van der Waals surface area contributed by atoms with Gasteiger partial charge in [0.05, 0.1) is 5.25 Å². The van der Waals surface area contributed by atoms with Crippen LogP contribution in [0.4, 0.5) is 0 Å². The molecule has 128 valence electrons. The Morgan fingerprint density at radius 2 is 1.74 bits per heavy atom. The molecule has 1 saturated carbocycles. The van der Waals surface area contributed by atoms with Crippen molar-refractivity contribution in [2.45, 2.75) is 37.5 Å². The predicted molar refractivity (Wildman–Crippen MR) is 94.0 cm³/mol. The average molecular weight is 357 g/mol. The van der Waals surface area contributed by atoms with Gasteiger partial charge in [0.1, 0.15) is 0 Å². The van der Waals surface area contributed by atoms with Crippen molar-refractivity contribution in [3.63, 3.8) is 0 Å². The third kappa shape index (κ3) is 4.47. The Morgan fingerprint density at radius 3 is 2.30 bits per heavy atom. The van der Waals surface area contributed by atoms with Gasteiger partial charge in [-0.05, 0) is 62.4 Å². The van der Waals surface area contributed by atoms with Gasteiger partial charge in [-0.1, -0.05) is 23.7 Å². The first kappa shape index (κ1) is 17.2. The monoisotopic (exact) mass is 356 g/mol.